The highest BCUT2D eigenvalue weighted by molar-refractivity contribution is 5.67. The van der Waals surface area contributed by atoms with Crippen molar-refractivity contribution < 1.29 is 0 Å². The number of nitrogens with one attached hydrogen (secondary N) is 1. The predicted molar refractivity (Wildman–Crippen MR) is 84.5 cm³/mol. The van der Waals surface area contributed by atoms with E-state index >= 15 is 0 Å². The van der Waals surface area contributed by atoms with Gasteiger partial charge in [-0.1, -0.05) is 20.3 Å². The number of hydrogen-bond donors (Lipinski definition) is 1. The van der Waals surface area contributed by atoms with Crippen LogP contribution in [0, 0.1) is 17.8 Å². The van der Waals surface area contributed by atoms with E-state index in [2.05, 4.69) is 35.3 Å². The molecule has 0 spiro atoms. The number of hydrogen-bond acceptors (Lipinski definition) is 3. The van der Waals surface area contributed by atoms with Gasteiger partial charge in [0.15, 0.2) is 5.82 Å². The van der Waals surface area contributed by atoms with E-state index in [-0.39, 0.29) is 0 Å². The standard InChI is InChI=1S/C17H24N4/c1-11(2)15-9-16-17(18-5-6-21(16)20-15)19-10-14-8-12-3-4-13(14)7-12/h5-6,9,11-14H,3-4,7-8,10H2,1-2H3,(H,18,19). The van der Waals surface area contributed by atoms with Gasteiger partial charge in [-0.2, -0.15) is 5.10 Å². The van der Waals surface area contributed by atoms with Gasteiger partial charge in [-0.05, 0) is 49.0 Å². The number of nitrogens with zero attached hydrogens (tertiary/aromatic N) is 3. The molecule has 2 aromatic rings. The minimum atomic E-state index is 0.448. The van der Waals surface area contributed by atoms with Gasteiger partial charge in [-0.3, -0.25) is 0 Å². The molecular weight excluding hydrogens is 260 g/mol. The molecule has 2 saturated carbocycles. The highest BCUT2D eigenvalue weighted by Gasteiger charge is 2.39. The fourth-order valence-electron chi connectivity index (χ4n) is 4.21. The van der Waals surface area contributed by atoms with Gasteiger partial charge in [0.2, 0.25) is 0 Å². The van der Waals surface area contributed by atoms with Crippen LogP contribution in [-0.4, -0.2) is 21.1 Å². The maximum absolute atomic E-state index is 4.63. The summed E-state index contributed by atoms with van der Waals surface area (Å²) in [5, 5.41) is 8.22. The number of fused-ring (bicyclic) bond motifs is 3. The summed E-state index contributed by atoms with van der Waals surface area (Å²) in [6.45, 7) is 5.42. The normalized spacial score (nSPS) is 27.9. The SMILES string of the molecule is CC(C)c1cc2c(NCC3CC4CCC3C4)nccn2n1. The first-order chi connectivity index (χ1) is 10.2. The van der Waals surface area contributed by atoms with Crippen LogP contribution in [0.5, 0.6) is 0 Å². The smallest absolute Gasteiger partial charge is 0.152 e. The Morgan fingerprint density at radius 2 is 2.24 bits per heavy atom. The molecule has 4 heteroatoms. The highest BCUT2D eigenvalue weighted by atomic mass is 15.2. The molecule has 1 N–H and O–H groups in total. The maximum atomic E-state index is 4.63. The molecule has 0 aromatic carbocycles. The zero-order valence-corrected chi connectivity index (χ0v) is 12.9. The Labute approximate surface area is 126 Å². The summed E-state index contributed by atoms with van der Waals surface area (Å²) < 4.78 is 1.95. The van der Waals surface area contributed by atoms with Gasteiger partial charge in [0.05, 0.1) is 5.69 Å². The fourth-order valence-corrected chi connectivity index (χ4v) is 4.21. The Morgan fingerprint density at radius 1 is 1.33 bits per heavy atom. The van der Waals surface area contributed by atoms with Gasteiger partial charge in [0, 0.05) is 18.9 Å². The van der Waals surface area contributed by atoms with E-state index in [0.717, 1.165) is 41.3 Å². The lowest BCUT2D eigenvalue weighted by Crippen LogP contribution is -2.20. The van der Waals surface area contributed by atoms with E-state index in [9.17, 15) is 0 Å². The van der Waals surface area contributed by atoms with E-state index in [1.807, 2.05) is 16.9 Å². The van der Waals surface area contributed by atoms with Gasteiger partial charge in [0.25, 0.3) is 0 Å². The second kappa shape index (κ2) is 5.00. The first kappa shape index (κ1) is 13.1. The molecule has 4 rings (SSSR count). The van der Waals surface area contributed by atoms with Crippen molar-refractivity contribution in [3.05, 3.63) is 24.2 Å². The predicted octanol–water partition coefficient (Wildman–Crippen LogP) is 3.70. The van der Waals surface area contributed by atoms with Crippen LogP contribution in [0.3, 0.4) is 0 Å². The quantitative estimate of drug-likeness (QED) is 0.931. The third-order valence-corrected chi connectivity index (χ3v) is 5.42. The fraction of sp³-hybridized carbons (Fsp3) is 0.647. The molecule has 2 bridgehead atoms. The van der Waals surface area contributed by atoms with Crippen molar-refractivity contribution in [2.24, 2.45) is 17.8 Å². The second-order valence-corrected chi connectivity index (χ2v) is 7.15. The Balaban J connectivity index is 1.53. The van der Waals surface area contributed by atoms with Gasteiger partial charge in [0.1, 0.15) is 5.52 Å². The molecule has 112 valence electrons. The van der Waals surface area contributed by atoms with Crippen LogP contribution in [0.4, 0.5) is 5.82 Å². The van der Waals surface area contributed by atoms with E-state index in [0.29, 0.717) is 5.92 Å². The van der Waals surface area contributed by atoms with Crippen LogP contribution in [0.25, 0.3) is 5.52 Å². The van der Waals surface area contributed by atoms with E-state index in [1.54, 1.807) is 0 Å². The Bertz CT molecular complexity index is 645. The summed E-state index contributed by atoms with van der Waals surface area (Å²) in [4.78, 5) is 4.53. The summed E-state index contributed by atoms with van der Waals surface area (Å²) in [6, 6.07) is 2.17. The zero-order valence-electron chi connectivity index (χ0n) is 12.9. The van der Waals surface area contributed by atoms with Crippen LogP contribution in [-0.2, 0) is 0 Å². The molecule has 2 aliphatic carbocycles. The van der Waals surface area contributed by atoms with Gasteiger partial charge >= 0.3 is 0 Å². The van der Waals surface area contributed by atoms with E-state index in [1.165, 1.54) is 25.7 Å². The molecule has 2 fully saturated rings. The molecule has 4 nitrogen and oxygen atoms in total. The second-order valence-electron chi connectivity index (χ2n) is 7.15. The molecule has 0 saturated heterocycles. The molecule has 2 aliphatic rings. The molecule has 2 heterocycles. The van der Waals surface area contributed by atoms with Gasteiger partial charge in [-0.25, -0.2) is 9.50 Å². The van der Waals surface area contributed by atoms with Crippen molar-refractivity contribution in [3.63, 3.8) is 0 Å². The van der Waals surface area contributed by atoms with E-state index < -0.39 is 0 Å². The van der Waals surface area contributed by atoms with Crippen LogP contribution >= 0.6 is 0 Å². The molecule has 3 unspecified atom stereocenters. The van der Waals surface area contributed by atoms with Gasteiger partial charge < -0.3 is 5.32 Å². The van der Waals surface area contributed by atoms with E-state index in [4.69, 9.17) is 0 Å². The minimum Gasteiger partial charge on any atom is -0.368 e. The molecule has 0 radical (unpaired) electrons. The summed E-state index contributed by atoms with van der Waals surface area (Å²) in [5.74, 6) is 4.24. The summed E-state index contributed by atoms with van der Waals surface area (Å²) in [6.07, 6.45) is 9.57. The molecule has 21 heavy (non-hydrogen) atoms. The average Bonchev–Trinajstić information content (AvgIpc) is 3.18. The minimum absolute atomic E-state index is 0.448. The number of rotatable bonds is 4. The Hall–Kier alpha value is -1.58. The largest absolute Gasteiger partial charge is 0.368 e. The van der Waals surface area contributed by atoms with Crippen LogP contribution in [0.2, 0.25) is 0 Å². The van der Waals surface area contributed by atoms with Crippen LogP contribution < -0.4 is 5.32 Å². The molecular formula is C17H24N4. The lowest BCUT2D eigenvalue weighted by molar-refractivity contribution is 0.348. The van der Waals surface area contributed by atoms with Crippen molar-refractivity contribution in [1.29, 1.82) is 0 Å². The van der Waals surface area contributed by atoms with Gasteiger partial charge in [-0.15, -0.1) is 0 Å². The first-order valence-corrected chi connectivity index (χ1v) is 8.29. The summed E-state index contributed by atoms with van der Waals surface area (Å²) in [7, 11) is 0. The zero-order chi connectivity index (χ0) is 14.4. The first-order valence-electron chi connectivity index (χ1n) is 8.29. The lowest BCUT2D eigenvalue weighted by Gasteiger charge is -2.22. The number of aromatic nitrogens is 3. The summed E-state index contributed by atoms with van der Waals surface area (Å²) in [5.41, 5.74) is 2.23. The molecule has 0 amide bonds. The summed E-state index contributed by atoms with van der Waals surface area (Å²) >= 11 is 0. The third-order valence-electron chi connectivity index (χ3n) is 5.42. The molecule has 2 aromatic heterocycles. The maximum Gasteiger partial charge on any atom is 0.152 e. The third kappa shape index (κ3) is 2.30. The molecule has 3 atom stereocenters. The average molecular weight is 284 g/mol. The van der Waals surface area contributed by atoms with Crippen molar-refractivity contribution >= 4 is 11.3 Å². The van der Waals surface area contributed by atoms with Crippen molar-refractivity contribution in [1.82, 2.24) is 14.6 Å². The number of anilines is 1. The monoisotopic (exact) mass is 284 g/mol. The van der Waals surface area contributed by atoms with Crippen LogP contribution in [0.1, 0.15) is 51.1 Å². The van der Waals surface area contributed by atoms with Crippen molar-refractivity contribution in [3.8, 4) is 0 Å². The van der Waals surface area contributed by atoms with Crippen molar-refractivity contribution in [2.45, 2.75) is 45.4 Å². The topological polar surface area (TPSA) is 42.2 Å². The lowest BCUT2D eigenvalue weighted by atomic mass is 9.89. The Morgan fingerprint density at radius 3 is 2.95 bits per heavy atom. The highest BCUT2D eigenvalue weighted by Crippen LogP contribution is 2.48. The van der Waals surface area contributed by atoms with Crippen molar-refractivity contribution in [2.75, 3.05) is 11.9 Å². The Kier molecular flexibility index (Phi) is 3.12. The van der Waals surface area contributed by atoms with Crippen LogP contribution in [0.15, 0.2) is 18.5 Å². The molecule has 0 aliphatic heterocycles.